The van der Waals surface area contributed by atoms with E-state index in [0.29, 0.717) is 22.2 Å². The van der Waals surface area contributed by atoms with Gasteiger partial charge in [-0.15, -0.1) is 0 Å². The topological polar surface area (TPSA) is 76.1 Å². The minimum atomic E-state index is -0.302. The SMILES string of the molecule is COc1ccc(Cl)cc1Nc1nc(C)cc(C(=O)Nc2c(C)cccc2C)n1. The summed E-state index contributed by atoms with van der Waals surface area (Å²) in [6.07, 6.45) is 0. The van der Waals surface area contributed by atoms with E-state index in [-0.39, 0.29) is 17.5 Å². The number of halogens is 1. The van der Waals surface area contributed by atoms with Crippen LogP contribution in [0.1, 0.15) is 27.3 Å². The Kier molecular flexibility index (Phi) is 5.80. The predicted molar refractivity (Wildman–Crippen MR) is 112 cm³/mol. The molecule has 0 aliphatic heterocycles. The van der Waals surface area contributed by atoms with Crippen molar-refractivity contribution in [3.8, 4) is 5.75 Å². The first-order valence-electron chi connectivity index (χ1n) is 8.71. The number of hydrogen-bond donors (Lipinski definition) is 2. The number of amides is 1. The molecule has 0 aliphatic rings. The molecule has 0 atom stereocenters. The summed E-state index contributed by atoms with van der Waals surface area (Å²) in [5.74, 6) is 0.576. The number of benzene rings is 2. The molecule has 1 amide bonds. The number of nitrogens with zero attached hydrogens (tertiary/aromatic N) is 2. The fourth-order valence-corrected chi connectivity index (χ4v) is 3.00. The molecule has 1 aromatic heterocycles. The van der Waals surface area contributed by atoms with Gasteiger partial charge in [-0.05, 0) is 56.2 Å². The molecule has 0 aliphatic carbocycles. The van der Waals surface area contributed by atoms with E-state index in [9.17, 15) is 4.79 Å². The zero-order chi connectivity index (χ0) is 20.3. The van der Waals surface area contributed by atoms with E-state index in [4.69, 9.17) is 16.3 Å². The predicted octanol–water partition coefficient (Wildman–Crippen LogP) is 5.06. The summed E-state index contributed by atoms with van der Waals surface area (Å²) >= 11 is 6.07. The maximum absolute atomic E-state index is 12.8. The van der Waals surface area contributed by atoms with Crippen molar-refractivity contribution >= 4 is 34.8 Å². The summed E-state index contributed by atoms with van der Waals surface area (Å²) in [7, 11) is 1.56. The molecule has 3 rings (SSSR count). The molecule has 0 spiro atoms. The summed E-state index contributed by atoms with van der Waals surface area (Å²) in [4.78, 5) is 21.5. The molecule has 6 nitrogen and oxygen atoms in total. The molecule has 0 unspecified atom stereocenters. The average molecular weight is 397 g/mol. The van der Waals surface area contributed by atoms with E-state index >= 15 is 0 Å². The Bertz CT molecular complexity index is 1020. The largest absolute Gasteiger partial charge is 0.495 e. The molecule has 28 heavy (non-hydrogen) atoms. The third-order valence-electron chi connectivity index (χ3n) is 4.21. The number of para-hydroxylation sites is 1. The van der Waals surface area contributed by atoms with Crippen LogP contribution in [0.3, 0.4) is 0 Å². The van der Waals surface area contributed by atoms with Gasteiger partial charge in [-0.3, -0.25) is 4.79 Å². The maximum atomic E-state index is 12.8. The van der Waals surface area contributed by atoms with E-state index in [1.54, 1.807) is 38.3 Å². The second kappa shape index (κ2) is 8.27. The van der Waals surface area contributed by atoms with E-state index < -0.39 is 0 Å². The molecule has 3 aromatic rings. The number of aromatic nitrogens is 2. The lowest BCUT2D eigenvalue weighted by atomic mass is 10.1. The van der Waals surface area contributed by atoms with Gasteiger partial charge in [-0.25, -0.2) is 9.97 Å². The number of carbonyl (C=O) groups is 1. The van der Waals surface area contributed by atoms with Gasteiger partial charge in [-0.2, -0.15) is 0 Å². The Hall–Kier alpha value is -3.12. The summed E-state index contributed by atoms with van der Waals surface area (Å²) in [5, 5.41) is 6.56. The van der Waals surface area contributed by atoms with Gasteiger partial charge >= 0.3 is 0 Å². The molecule has 2 aromatic carbocycles. The van der Waals surface area contributed by atoms with Crippen LogP contribution in [0.2, 0.25) is 5.02 Å². The van der Waals surface area contributed by atoms with Crippen LogP contribution in [0.5, 0.6) is 5.75 Å². The molecule has 0 saturated heterocycles. The van der Waals surface area contributed by atoms with E-state index in [2.05, 4.69) is 20.6 Å². The zero-order valence-electron chi connectivity index (χ0n) is 16.1. The van der Waals surface area contributed by atoms with Crippen molar-refractivity contribution < 1.29 is 9.53 Å². The third kappa shape index (κ3) is 4.40. The summed E-state index contributed by atoms with van der Waals surface area (Å²) in [6, 6.07) is 12.7. The van der Waals surface area contributed by atoms with Crippen LogP contribution in [0, 0.1) is 20.8 Å². The standard InChI is InChI=1S/C21H21ClN4O2/c1-12-6-5-7-13(2)19(12)26-20(27)17-10-14(3)23-21(25-17)24-16-11-15(22)8-9-18(16)28-4/h5-11H,1-4H3,(H,26,27)(H,23,24,25). The second-order valence-corrected chi connectivity index (χ2v) is 6.85. The van der Waals surface area contributed by atoms with E-state index in [1.807, 2.05) is 32.0 Å². The van der Waals surface area contributed by atoms with Crippen molar-refractivity contribution in [1.29, 1.82) is 0 Å². The van der Waals surface area contributed by atoms with Crippen molar-refractivity contribution in [2.75, 3.05) is 17.7 Å². The van der Waals surface area contributed by atoms with Crippen molar-refractivity contribution in [2.45, 2.75) is 20.8 Å². The smallest absolute Gasteiger partial charge is 0.274 e. The third-order valence-corrected chi connectivity index (χ3v) is 4.45. The van der Waals surface area contributed by atoms with E-state index in [0.717, 1.165) is 16.8 Å². The average Bonchev–Trinajstić information content (AvgIpc) is 2.64. The van der Waals surface area contributed by atoms with Gasteiger partial charge in [0.2, 0.25) is 5.95 Å². The van der Waals surface area contributed by atoms with Gasteiger partial charge in [0.1, 0.15) is 11.4 Å². The lowest BCUT2D eigenvalue weighted by molar-refractivity contribution is 0.102. The molecule has 2 N–H and O–H groups in total. The first-order chi connectivity index (χ1) is 13.4. The highest BCUT2D eigenvalue weighted by Gasteiger charge is 2.14. The molecule has 0 fully saturated rings. The fraction of sp³-hybridized carbons (Fsp3) is 0.190. The van der Waals surface area contributed by atoms with Gasteiger partial charge in [0.25, 0.3) is 5.91 Å². The highest BCUT2D eigenvalue weighted by atomic mass is 35.5. The van der Waals surface area contributed by atoms with Crippen LogP contribution in [0.15, 0.2) is 42.5 Å². The van der Waals surface area contributed by atoms with Crippen LogP contribution >= 0.6 is 11.6 Å². The lowest BCUT2D eigenvalue weighted by Crippen LogP contribution is -2.17. The number of nitrogens with one attached hydrogen (secondary N) is 2. The highest BCUT2D eigenvalue weighted by molar-refractivity contribution is 6.31. The molecule has 1 heterocycles. The van der Waals surface area contributed by atoms with Gasteiger partial charge in [0, 0.05) is 16.4 Å². The van der Waals surface area contributed by atoms with Crippen molar-refractivity contribution in [2.24, 2.45) is 0 Å². The summed E-state index contributed by atoms with van der Waals surface area (Å²) in [6.45, 7) is 5.70. The van der Waals surface area contributed by atoms with Crippen LogP contribution in [-0.2, 0) is 0 Å². The molecular formula is C21H21ClN4O2. The Morgan fingerprint density at radius 3 is 2.43 bits per heavy atom. The van der Waals surface area contributed by atoms with Gasteiger partial charge in [-0.1, -0.05) is 29.8 Å². The van der Waals surface area contributed by atoms with Gasteiger partial charge < -0.3 is 15.4 Å². The monoisotopic (exact) mass is 396 g/mol. The minimum absolute atomic E-state index is 0.263. The summed E-state index contributed by atoms with van der Waals surface area (Å²) < 4.78 is 5.33. The number of aryl methyl sites for hydroxylation is 3. The Balaban J connectivity index is 1.89. The fourth-order valence-electron chi connectivity index (χ4n) is 2.83. The number of rotatable bonds is 5. The number of methoxy groups -OCH3 is 1. The van der Waals surface area contributed by atoms with Crippen LogP contribution < -0.4 is 15.4 Å². The minimum Gasteiger partial charge on any atom is -0.495 e. The Morgan fingerprint density at radius 1 is 1.04 bits per heavy atom. The Labute approximate surface area is 168 Å². The number of hydrogen-bond acceptors (Lipinski definition) is 5. The van der Waals surface area contributed by atoms with Gasteiger partial charge in [0.15, 0.2) is 0 Å². The number of carbonyl (C=O) groups excluding carboxylic acids is 1. The molecule has 0 radical (unpaired) electrons. The first-order valence-corrected chi connectivity index (χ1v) is 9.09. The second-order valence-electron chi connectivity index (χ2n) is 6.41. The maximum Gasteiger partial charge on any atom is 0.274 e. The quantitative estimate of drug-likeness (QED) is 0.630. The number of anilines is 3. The molecule has 7 heteroatoms. The van der Waals surface area contributed by atoms with Crippen LogP contribution in [-0.4, -0.2) is 23.0 Å². The molecule has 0 bridgehead atoms. The molecular weight excluding hydrogens is 376 g/mol. The van der Waals surface area contributed by atoms with E-state index in [1.165, 1.54) is 0 Å². The first kappa shape index (κ1) is 19.6. The Morgan fingerprint density at radius 2 is 1.75 bits per heavy atom. The highest BCUT2D eigenvalue weighted by Crippen LogP contribution is 2.29. The van der Waals surface area contributed by atoms with Crippen LogP contribution in [0.4, 0.5) is 17.3 Å². The van der Waals surface area contributed by atoms with Crippen molar-refractivity contribution in [3.05, 3.63) is 70.0 Å². The molecule has 0 saturated carbocycles. The van der Waals surface area contributed by atoms with Crippen LogP contribution in [0.25, 0.3) is 0 Å². The number of ether oxygens (including phenoxy) is 1. The summed E-state index contributed by atoms with van der Waals surface area (Å²) in [5.41, 5.74) is 4.29. The van der Waals surface area contributed by atoms with Crippen molar-refractivity contribution in [3.63, 3.8) is 0 Å². The lowest BCUT2D eigenvalue weighted by Gasteiger charge is -2.13. The van der Waals surface area contributed by atoms with Gasteiger partial charge in [0.05, 0.1) is 12.8 Å². The zero-order valence-corrected chi connectivity index (χ0v) is 16.9. The molecule has 144 valence electrons. The van der Waals surface area contributed by atoms with Crippen molar-refractivity contribution in [1.82, 2.24) is 9.97 Å². The normalized spacial score (nSPS) is 10.5.